The average Bonchev–Trinajstić information content (AvgIpc) is 2.13. The summed E-state index contributed by atoms with van der Waals surface area (Å²) in [4.78, 5) is 27.9. The maximum absolute atomic E-state index is 11.1. The first kappa shape index (κ1) is 10.0. The first-order valence-electron chi connectivity index (χ1n) is 3.71. The van der Waals surface area contributed by atoms with Crippen molar-refractivity contribution in [2.24, 2.45) is 0 Å². The number of nitrogens with one attached hydrogen (secondary N) is 1. The van der Waals surface area contributed by atoms with Crippen molar-refractivity contribution in [2.45, 2.75) is 0 Å². The van der Waals surface area contributed by atoms with Gasteiger partial charge >= 0.3 is 11.1 Å². The van der Waals surface area contributed by atoms with Crippen molar-refractivity contribution in [2.75, 3.05) is 0 Å². The van der Waals surface area contributed by atoms with Crippen LogP contribution in [0.3, 0.4) is 0 Å². The van der Waals surface area contributed by atoms with Crippen LogP contribution in [0.25, 0.3) is 11.2 Å². The van der Waals surface area contributed by atoms with Gasteiger partial charge in [0.25, 0.3) is 0 Å². The molecule has 0 atom stereocenters. The third-order valence-corrected chi connectivity index (χ3v) is 2.23. The quantitative estimate of drug-likeness (QED) is 0.406. The Morgan fingerprint density at radius 1 is 1.40 bits per heavy atom. The topological polar surface area (TPSA) is 88.0 Å². The Hall–Kier alpha value is -1.53. The molecule has 15 heavy (non-hydrogen) atoms. The van der Waals surface area contributed by atoms with Gasteiger partial charge in [0, 0.05) is 0 Å². The van der Waals surface area contributed by atoms with Crippen molar-refractivity contribution in [1.82, 2.24) is 14.7 Å². The Labute approximate surface area is 91.7 Å². The molecule has 0 aliphatic heterocycles. The Bertz CT molecular complexity index is 661. The van der Waals surface area contributed by atoms with Crippen molar-refractivity contribution in [3.8, 4) is 0 Å². The molecule has 2 N–H and O–H groups in total. The minimum absolute atomic E-state index is 0.0147. The normalized spacial score (nSPS) is 10.8. The van der Waals surface area contributed by atoms with Crippen LogP contribution in [0.4, 0.5) is 0 Å². The first-order valence-corrected chi connectivity index (χ1v) is 4.46. The summed E-state index contributed by atoms with van der Waals surface area (Å²) in [6.45, 7) is 0. The lowest BCUT2D eigenvalue weighted by Crippen LogP contribution is -2.35. The number of aromatic nitrogens is 3. The predicted octanol–water partition coefficient (Wildman–Crippen LogP) is 0.629. The van der Waals surface area contributed by atoms with Gasteiger partial charge in [-0.25, -0.2) is 4.98 Å². The summed E-state index contributed by atoms with van der Waals surface area (Å²) < 4.78 is 0.139. The molecule has 2 rings (SSSR count). The zero-order chi connectivity index (χ0) is 11.2. The highest BCUT2D eigenvalue weighted by atomic mass is 35.5. The number of hydrogen-bond acceptors (Lipinski definition) is 4. The Morgan fingerprint density at radius 3 is 2.73 bits per heavy atom. The molecule has 0 amide bonds. The molecule has 78 valence electrons. The van der Waals surface area contributed by atoms with Crippen LogP contribution in [-0.2, 0) is 0 Å². The highest BCUT2D eigenvalue weighted by Crippen LogP contribution is 2.21. The van der Waals surface area contributed by atoms with Crippen LogP contribution >= 0.6 is 23.2 Å². The van der Waals surface area contributed by atoms with Gasteiger partial charge in [-0.05, 0) is 6.07 Å². The van der Waals surface area contributed by atoms with E-state index in [9.17, 15) is 14.8 Å². The second-order valence-electron chi connectivity index (χ2n) is 2.70. The van der Waals surface area contributed by atoms with E-state index in [4.69, 9.17) is 23.2 Å². The minimum atomic E-state index is -1.13. The lowest BCUT2D eigenvalue weighted by molar-refractivity contribution is 0.186. The molecule has 0 bridgehead atoms. The van der Waals surface area contributed by atoms with Gasteiger partial charge in [0.1, 0.15) is 10.7 Å². The number of pyridine rings is 1. The molecule has 2 aromatic heterocycles. The molecule has 0 aliphatic carbocycles. The molecule has 0 unspecified atom stereocenters. The third-order valence-electron chi connectivity index (χ3n) is 1.75. The number of H-pyrrole nitrogens is 1. The smallest absolute Gasteiger partial charge is 0.349 e. The molecule has 0 fully saturated rings. The zero-order valence-electron chi connectivity index (χ0n) is 6.99. The van der Waals surface area contributed by atoms with Crippen LogP contribution in [0.1, 0.15) is 0 Å². The lowest BCUT2D eigenvalue weighted by Gasteiger charge is -2.03. The summed E-state index contributed by atoms with van der Waals surface area (Å²) in [5.74, 6) is 0. The summed E-state index contributed by atoms with van der Waals surface area (Å²) in [7, 11) is 0. The van der Waals surface area contributed by atoms with Gasteiger partial charge < -0.3 is 10.2 Å². The van der Waals surface area contributed by atoms with Gasteiger partial charge in [-0.2, -0.15) is 0 Å². The molecule has 0 saturated heterocycles. The molecule has 2 aromatic rings. The van der Waals surface area contributed by atoms with E-state index in [1.54, 1.807) is 0 Å². The number of rotatable bonds is 0. The van der Waals surface area contributed by atoms with Crippen LogP contribution in [0.5, 0.6) is 0 Å². The summed E-state index contributed by atoms with van der Waals surface area (Å²) in [6, 6.07) is 1.25. The molecular weight excluding hydrogens is 245 g/mol. The van der Waals surface area contributed by atoms with Crippen LogP contribution in [-0.4, -0.2) is 19.9 Å². The van der Waals surface area contributed by atoms with Crippen molar-refractivity contribution < 1.29 is 5.21 Å². The lowest BCUT2D eigenvalue weighted by atomic mass is 10.4. The van der Waals surface area contributed by atoms with E-state index in [2.05, 4.69) is 9.97 Å². The molecule has 8 heteroatoms. The fourth-order valence-electron chi connectivity index (χ4n) is 1.13. The van der Waals surface area contributed by atoms with Crippen LogP contribution < -0.4 is 11.1 Å². The van der Waals surface area contributed by atoms with E-state index >= 15 is 0 Å². The maximum atomic E-state index is 11.1. The summed E-state index contributed by atoms with van der Waals surface area (Å²) in [6.07, 6.45) is 0. The molecule has 0 aromatic carbocycles. The first-order chi connectivity index (χ1) is 7.00. The van der Waals surface area contributed by atoms with Crippen molar-refractivity contribution in [3.63, 3.8) is 0 Å². The Morgan fingerprint density at radius 2 is 2.07 bits per heavy atom. The Kier molecular flexibility index (Phi) is 2.17. The molecular formula is C7H3Cl2N3O3. The predicted molar refractivity (Wildman–Crippen MR) is 53.8 cm³/mol. The van der Waals surface area contributed by atoms with Crippen LogP contribution in [0, 0.1) is 0 Å². The monoisotopic (exact) mass is 247 g/mol. The van der Waals surface area contributed by atoms with Gasteiger partial charge in [0.2, 0.25) is 0 Å². The van der Waals surface area contributed by atoms with Crippen LogP contribution in [0.15, 0.2) is 15.7 Å². The largest absolute Gasteiger partial charge is 0.424 e. The van der Waals surface area contributed by atoms with Gasteiger partial charge in [0.15, 0.2) is 5.65 Å². The van der Waals surface area contributed by atoms with E-state index in [0.29, 0.717) is 0 Å². The second-order valence-corrected chi connectivity index (χ2v) is 3.49. The molecule has 2 heterocycles. The van der Waals surface area contributed by atoms with E-state index in [0.717, 1.165) is 0 Å². The highest BCUT2D eigenvalue weighted by molar-refractivity contribution is 6.37. The van der Waals surface area contributed by atoms with Gasteiger partial charge in [-0.3, -0.25) is 9.59 Å². The van der Waals surface area contributed by atoms with E-state index in [-0.39, 0.29) is 26.1 Å². The van der Waals surface area contributed by atoms with Crippen molar-refractivity contribution >= 4 is 34.4 Å². The molecule has 0 aliphatic rings. The number of nitrogens with zero attached hydrogens (tertiary/aromatic N) is 2. The standard InChI is InChI=1S/C7H3Cl2N3O3/c8-2-1-3(9)10-5-4(2)12(15)7(14)6(13)11-5/h1,15H,(H,10,11,13). The fraction of sp³-hybridized carbons (Fsp3) is 0. The number of aromatic amines is 1. The Balaban J connectivity index is 3.13. The SMILES string of the molecule is O=c1[nH]c2nc(Cl)cc(Cl)c2n(O)c1=O. The van der Waals surface area contributed by atoms with E-state index in [1.165, 1.54) is 6.07 Å². The summed E-state index contributed by atoms with van der Waals surface area (Å²) in [5, 5.41) is 9.39. The average molecular weight is 248 g/mol. The van der Waals surface area contributed by atoms with Crippen molar-refractivity contribution in [1.29, 1.82) is 0 Å². The van der Waals surface area contributed by atoms with E-state index < -0.39 is 11.1 Å². The highest BCUT2D eigenvalue weighted by Gasteiger charge is 2.11. The fourth-order valence-corrected chi connectivity index (χ4v) is 1.65. The number of hydrogen-bond donors (Lipinski definition) is 2. The summed E-state index contributed by atoms with van der Waals surface area (Å²) >= 11 is 11.3. The number of fused-ring (bicyclic) bond motifs is 1. The van der Waals surface area contributed by atoms with Gasteiger partial charge in [-0.1, -0.05) is 23.2 Å². The van der Waals surface area contributed by atoms with E-state index in [1.807, 2.05) is 0 Å². The van der Waals surface area contributed by atoms with Gasteiger partial charge in [-0.15, -0.1) is 4.73 Å². The third kappa shape index (κ3) is 1.47. The van der Waals surface area contributed by atoms with Gasteiger partial charge in [0.05, 0.1) is 5.02 Å². The maximum Gasteiger partial charge on any atom is 0.349 e. The zero-order valence-corrected chi connectivity index (χ0v) is 8.50. The minimum Gasteiger partial charge on any atom is -0.424 e. The molecule has 0 spiro atoms. The summed E-state index contributed by atoms with van der Waals surface area (Å²) in [5.41, 5.74) is -2.28. The van der Waals surface area contributed by atoms with Crippen LogP contribution in [0.2, 0.25) is 10.2 Å². The second kappa shape index (κ2) is 3.25. The van der Waals surface area contributed by atoms with Crippen molar-refractivity contribution in [3.05, 3.63) is 36.9 Å². The molecule has 0 saturated carbocycles. The molecule has 6 nitrogen and oxygen atoms in total. The molecule has 0 radical (unpaired) electrons. The number of halogens is 2.